The van der Waals surface area contributed by atoms with Gasteiger partial charge in [0.15, 0.2) is 0 Å². The third-order valence-corrected chi connectivity index (χ3v) is 10.7. The molecule has 0 spiro atoms. The van der Waals surface area contributed by atoms with E-state index in [1.54, 1.807) is 0 Å². The Kier molecular flexibility index (Phi) is 6.72. The summed E-state index contributed by atoms with van der Waals surface area (Å²) in [5.74, 6) is 2.40. The lowest BCUT2D eigenvalue weighted by Gasteiger charge is -2.60. The molecular formula is C30H46O4. The Morgan fingerprint density at radius 1 is 1.15 bits per heavy atom. The van der Waals surface area contributed by atoms with Gasteiger partial charge in [0.25, 0.3) is 0 Å². The average molecular weight is 471 g/mol. The number of rotatable bonds is 5. The fourth-order valence-electron chi connectivity index (χ4n) is 8.24. The molecule has 0 bridgehead atoms. The fourth-order valence-corrected chi connectivity index (χ4v) is 8.24. The molecule has 0 aromatic rings. The van der Waals surface area contributed by atoms with Crippen LogP contribution in [0.15, 0.2) is 23.8 Å². The first-order valence-electron chi connectivity index (χ1n) is 13.6. The topological polar surface area (TPSA) is 63.6 Å². The molecule has 0 heterocycles. The van der Waals surface area contributed by atoms with Crippen molar-refractivity contribution < 1.29 is 19.4 Å². The van der Waals surface area contributed by atoms with Crippen LogP contribution in [0.25, 0.3) is 0 Å². The number of allylic oxidation sites excluding steroid dienone is 3. The molecule has 4 aliphatic carbocycles. The van der Waals surface area contributed by atoms with E-state index in [1.165, 1.54) is 12.5 Å². The van der Waals surface area contributed by atoms with Crippen molar-refractivity contribution in [1.29, 1.82) is 0 Å². The molecule has 0 unspecified atom stereocenters. The minimum atomic E-state index is -0.996. The van der Waals surface area contributed by atoms with Gasteiger partial charge in [0.2, 0.25) is 0 Å². The molecule has 4 nitrogen and oxygen atoms in total. The number of Topliss-reactive ketones (excluding diaryl/α,β-unsaturated/α-hetero) is 1. The van der Waals surface area contributed by atoms with Crippen molar-refractivity contribution in [2.24, 2.45) is 46.3 Å². The second-order valence-corrected chi connectivity index (χ2v) is 13.0. The lowest BCUT2D eigenvalue weighted by Crippen LogP contribution is -2.62. The highest BCUT2D eigenvalue weighted by molar-refractivity contribution is 5.87. The van der Waals surface area contributed by atoms with Crippen LogP contribution in [-0.2, 0) is 14.3 Å². The van der Waals surface area contributed by atoms with Gasteiger partial charge in [-0.2, -0.15) is 0 Å². The van der Waals surface area contributed by atoms with E-state index in [9.17, 15) is 14.7 Å². The molecule has 3 saturated carbocycles. The third-order valence-electron chi connectivity index (χ3n) is 10.7. The first-order chi connectivity index (χ1) is 15.8. The first kappa shape index (κ1) is 25.7. The molecule has 4 rings (SSSR count). The predicted molar refractivity (Wildman–Crippen MR) is 135 cm³/mol. The van der Waals surface area contributed by atoms with Crippen LogP contribution in [0.5, 0.6) is 0 Å². The molecule has 1 N–H and O–H groups in total. The number of ether oxygens (including phenoxy) is 1. The van der Waals surface area contributed by atoms with Crippen molar-refractivity contribution >= 4 is 11.8 Å². The van der Waals surface area contributed by atoms with E-state index in [1.807, 2.05) is 0 Å². The lowest BCUT2D eigenvalue weighted by atomic mass is 9.46. The minimum absolute atomic E-state index is 0.00893. The molecule has 4 aliphatic rings. The summed E-state index contributed by atoms with van der Waals surface area (Å²) in [5.41, 5.74) is -0.177. The third kappa shape index (κ3) is 4.02. The highest BCUT2D eigenvalue weighted by Gasteiger charge is 2.65. The number of esters is 1. The second kappa shape index (κ2) is 8.91. The maximum Gasteiger partial charge on any atom is 0.302 e. The highest BCUT2D eigenvalue weighted by Crippen LogP contribution is 2.66. The molecule has 9 atom stereocenters. The molecule has 34 heavy (non-hydrogen) atoms. The number of aliphatic hydroxyl groups is 1. The first-order valence-corrected chi connectivity index (χ1v) is 13.6. The van der Waals surface area contributed by atoms with E-state index in [2.05, 4.69) is 59.8 Å². The fraction of sp³-hybridized carbons (Fsp3) is 0.800. The predicted octanol–water partition coefficient (Wildman–Crippen LogP) is 6.28. The Labute approximate surface area is 206 Å². The quantitative estimate of drug-likeness (QED) is 0.380. The lowest BCUT2D eigenvalue weighted by molar-refractivity contribution is -0.186. The van der Waals surface area contributed by atoms with E-state index in [0.29, 0.717) is 61.1 Å². The summed E-state index contributed by atoms with van der Waals surface area (Å²) in [6.45, 7) is 15.1. The summed E-state index contributed by atoms with van der Waals surface area (Å²) in [4.78, 5) is 25.4. The van der Waals surface area contributed by atoms with Crippen LogP contribution in [0.4, 0.5) is 0 Å². The van der Waals surface area contributed by atoms with Gasteiger partial charge in [-0.05, 0) is 67.1 Å². The second-order valence-electron chi connectivity index (χ2n) is 13.0. The Bertz CT molecular complexity index is 886. The van der Waals surface area contributed by atoms with Crippen molar-refractivity contribution in [2.75, 3.05) is 0 Å². The van der Waals surface area contributed by atoms with Crippen molar-refractivity contribution in [3.8, 4) is 0 Å². The molecule has 0 amide bonds. The largest absolute Gasteiger partial charge is 0.462 e. The van der Waals surface area contributed by atoms with Crippen molar-refractivity contribution in [3.63, 3.8) is 0 Å². The van der Waals surface area contributed by atoms with E-state index in [0.717, 1.165) is 19.3 Å². The van der Waals surface area contributed by atoms with Gasteiger partial charge in [-0.15, -0.1) is 0 Å². The molecular weight excluding hydrogens is 424 g/mol. The Morgan fingerprint density at radius 2 is 1.85 bits per heavy atom. The van der Waals surface area contributed by atoms with Gasteiger partial charge in [-0.3, -0.25) is 9.59 Å². The smallest absolute Gasteiger partial charge is 0.302 e. The highest BCUT2D eigenvalue weighted by atomic mass is 16.5. The zero-order chi connectivity index (χ0) is 25.1. The van der Waals surface area contributed by atoms with Gasteiger partial charge >= 0.3 is 5.97 Å². The molecule has 0 aromatic carbocycles. The van der Waals surface area contributed by atoms with E-state index >= 15 is 0 Å². The molecule has 0 aromatic heterocycles. The number of hydrogen-bond acceptors (Lipinski definition) is 4. The molecule has 3 fully saturated rings. The molecule has 190 valence electrons. The number of hydrogen-bond donors (Lipinski definition) is 1. The SMILES string of the molecule is CC(=O)O[C@@H]1CC[C@]2(C)[C@@H]3C(=O)C[C@]4(C)[C@H](CC[C@@H]4[C@H](C)/C=C/[C@H](C)C(C)C)C3=CC[C@@]2(O)C1. The molecule has 4 heteroatoms. The Hall–Kier alpha value is -1.42. The number of carbonyl (C=O) groups is 2. The summed E-state index contributed by atoms with van der Waals surface area (Å²) in [5, 5.41) is 11.8. The van der Waals surface area contributed by atoms with Crippen LogP contribution >= 0.6 is 0 Å². The summed E-state index contributed by atoms with van der Waals surface area (Å²) < 4.78 is 5.48. The summed E-state index contributed by atoms with van der Waals surface area (Å²) in [6.07, 6.45) is 12.1. The van der Waals surface area contributed by atoms with Crippen LogP contribution < -0.4 is 0 Å². The Balaban J connectivity index is 1.60. The average Bonchev–Trinajstić information content (AvgIpc) is 3.08. The van der Waals surface area contributed by atoms with E-state index in [-0.39, 0.29) is 23.4 Å². The van der Waals surface area contributed by atoms with Crippen molar-refractivity contribution in [1.82, 2.24) is 0 Å². The van der Waals surface area contributed by atoms with E-state index in [4.69, 9.17) is 4.74 Å². The molecule has 0 radical (unpaired) electrons. The number of ketones is 1. The Morgan fingerprint density at radius 3 is 2.50 bits per heavy atom. The van der Waals surface area contributed by atoms with Crippen molar-refractivity contribution in [3.05, 3.63) is 23.8 Å². The maximum absolute atomic E-state index is 13.9. The van der Waals surface area contributed by atoms with Crippen LogP contribution in [0.3, 0.4) is 0 Å². The molecule has 0 aliphatic heterocycles. The zero-order valence-corrected chi connectivity index (χ0v) is 22.4. The van der Waals surface area contributed by atoms with Gasteiger partial charge in [0.05, 0.1) is 5.60 Å². The molecule has 0 saturated heterocycles. The van der Waals surface area contributed by atoms with E-state index < -0.39 is 11.0 Å². The number of fused-ring (bicyclic) bond motifs is 5. The number of carbonyl (C=O) groups excluding carboxylic acids is 2. The summed E-state index contributed by atoms with van der Waals surface area (Å²) in [7, 11) is 0. The van der Waals surface area contributed by atoms with Gasteiger partial charge in [-0.25, -0.2) is 0 Å². The monoisotopic (exact) mass is 470 g/mol. The minimum Gasteiger partial charge on any atom is -0.462 e. The van der Waals surface area contributed by atoms with Crippen LogP contribution in [0, 0.1) is 46.3 Å². The summed E-state index contributed by atoms with van der Waals surface area (Å²) >= 11 is 0. The van der Waals surface area contributed by atoms with Crippen LogP contribution in [-0.4, -0.2) is 28.6 Å². The normalized spacial score (nSPS) is 43.7. The maximum atomic E-state index is 13.9. The van der Waals surface area contributed by atoms with Crippen LogP contribution in [0.2, 0.25) is 0 Å². The standard InChI is InChI=1S/C30H46O4/c1-18(2)19(3)8-9-20(4)24-10-11-25-23-13-15-30(33)16-22(34-21(5)31)12-14-29(30,7)27(23)26(32)17-28(24,25)6/h8-9,13,18-20,22,24-25,27,33H,10-12,14-17H2,1-7H3/b9-8+/t19-,20+,22+,24+,25+,27-,28-,29+,30+/m0/s1. The van der Waals surface area contributed by atoms with Crippen molar-refractivity contribution in [2.45, 2.75) is 105 Å². The summed E-state index contributed by atoms with van der Waals surface area (Å²) in [6, 6.07) is 0. The van der Waals surface area contributed by atoms with Gasteiger partial charge < -0.3 is 9.84 Å². The van der Waals surface area contributed by atoms with Gasteiger partial charge in [0, 0.05) is 31.1 Å². The zero-order valence-electron chi connectivity index (χ0n) is 22.4. The van der Waals surface area contributed by atoms with Crippen LogP contribution in [0.1, 0.15) is 93.4 Å². The van der Waals surface area contributed by atoms with Gasteiger partial charge in [-0.1, -0.05) is 65.3 Å². The van der Waals surface area contributed by atoms with Gasteiger partial charge in [0.1, 0.15) is 11.9 Å².